The Morgan fingerprint density at radius 3 is 2.48 bits per heavy atom. The van der Waals surface area contributed by atoms with Crippen LogP contribution in [0, 0.1) is 0 Å². The third-order valence-electron chi connectivity index (χ3n) is 2.94. The van der Waals surface area contributed by atoms with Crippen LogP contribution in [0.5, 0.6) is 0 Å². The number of nitrogens with zero attached hydrogens (tertiary/aromatic N) is 1. The van der Waals surface area contributed by atoms with Crippen LogP contribution in [-0.4, -0.2) is 19.4 Å². The van der Waals surface area contributed by atoms with Gasteiger partial charge in [0.15, 0.2) is 0 Å². The predicted octanol–water partition coefficient (Wildman–Crippen LogP) is 1.28. The first-order valence-corrected chi connectivity index (χ1v) is 7.98. The monoisotopic (exact) mass is 306 g/mol. The SMILES string of the molecule is CC(Cc1ccccc1)NS(=O)(=O)c1ccc(NN)nc1. The standard InChI is InChI=1S/C14H18N4O2S/c1-11(9-12-5-3-2-4-6-12)18-21(19,20)13-7-8-14(17-15)16-10-13/h2-8,10-11,18H,9,15H2,1H3,(H,16,17). The minimum atomic E-state index is -3.59. The van der Waals surface area contributed by atoms with Crippen LogP contribution in [0.4, 0.5) is 5.82 Å². The van der Waals surface area contributed by atoms with Gasteiger partial charge in [-0.25, -0.2) is 24.0 Å². The molecule has 6 nitrogen and oxygen atoms in total. The summed E-state index contributed by atoms with van der Waals surface area (Å²) in [5.74, 6) is 5.61. The third kappa shape index (κ3) is 4.25. The Kier molecular flexibility index (Phi) is 4.89. The summed E-state index contributed by atoms with van der Waals surface area (Å²) in [5, 5.41) is 0. The van der Waals surface area contributed by atoms with Gasteiger partial charge in [0.1, 0.15) is 10.7 Å². The predicted molar refractivity (Wildman–Crippen MR) is 82.0 cm³/mol. The van der Waals surface area contributed by atoms with Crippen LogP contribution in [0.1, 0.15) is 12.5 Å². The molecule has 112 valence electrons. The third-order valence-corrected chi connectivity index (χ3v) is 4.51. The summed E-state index contributed by atoms with van der Waals surface area (Å²) in [6.45, 7) is 1.83. The van der Waals surface area contributed by atoms with E-state index < -0.39 is 10.0 Å². The van der Waals surface area contributed by atoms with Crippen LogP contribution in [-0.2, 0) is 16.4 Å². The molecule has 0 spiro atoms. The summed E-state index contributed by atoms with van der Waals surface area (Å²) in [7, 11) is -3.59. The summed E-state index contributed by atoms with van der Waals surface area (Å²) >= 11 is 0. The molecule has 0 fully saturated rings. The van der Waals surface area contributed by atoms with E-state index >= 15 is 0 Å². The molecule has 0 saturated carbocycles. The molecular weight excluding hydrogens is 288 g/mol. The first kappa shape index (κ1) is 15.4. The molecule has 0 radical (unpaired) electrons. The van der Waals surface area contributed by atoms with Gasteiger partial charge < -0.3 is 5.43 Å². The van der Waals surface area contributed by atoms with Crippen molar-refractivity contribution in [3.05, 3.63) is 54.2 Å². The largest absolute Gasteiger partial charge is 0.308 e. The van der Waals surface area contributed by atoms with Crippen LogP contribution in [0.3, 0.4) is 0 Å². The Labute approximate surface area is 124 Å². The maximum absolute atomic E-state index is 12.2. The molecule has 2 rings (SSSR count). The van der Waals surface area contributed by atoms with Crippen LogP contribution in [0.15, 0.2) is 53.6 Å². The number of nitrogen functional groups attached to an aromatic ring is 1. The molecule has 1 heterocycles. The van der Waals surface area contributed by atoms with E-state index in [0.717, 1.165) is 5.56 Å². The molecule has 0 aliphatic rings. The van der Waals surface area contributed by atoms with Gasteiger partial charge >= 0.3 is 0 Å². The van der Waals surface area contributed by atoms with Crippen LogP contribution in [0.2, 0.25) is 0 Å². The molecule has 1 unspecified atom stereocenters. The van der Waals surface area contributed by atoms with Crippen molar-refractivity contribution in [2.75, 3.05) is 5.43 Å². The van der Waals surface area contributed by atoms with Crippen molar-refractivity contribution >= 4 is 15.8 Å². The molecule has 1 aromatic carbocycles. The van der Waals surface area contributed by atoms with E-state index in [4.69, 9.17) is 5.84 Å². The average Bonchev–Trinajstić information content (AvgIpc) is 2.47. The molecular formula is C14H18N4O2S. The first-order chi connectivity index (χ1) is 10.0. The minimum absolute atomic E-state index is 0.112. The molecule has 21 heavy (non-hydrogen) atoms. The van der Waals surface area contributed by atoms with E-state index in [1.54, 1.807) is 0 Å². The molecule has 0 amide bonds. The number of nitrogens with two attached hydrogens (primary N) is 1. The van der Waals surface area contributed by atoms with Gasteiger partial charge in [0.05, 0.1) is 0 Å². The highest BCUT2D eigenvalue weighted by atomic mass is 32.2. The lowest BCUT2D eigenvalue weighted by Gasteiger charge is -2.14. The Morgan fingerprint density at radius 1 is 1.19 bits per heavy atom. The molecule has 2 aromatic rings. The zero-order valence-electron chi connectivity index (χ0n) is 11.7. The van der Waals surface area contributed by atoms with Crippen molar-refractivity contribution in [2.45, 2.75) is 24.3 Å². The van der Waals surface area contributed by atoms with Gasteiger partial charge in [-0.2, -0.15) is 0 Å². The second-order valence-corrected chi connectivity index (χ2v) is 6.45. The smallest absolute Gasteiger partial charge is 0.242 e. The summed E-state index contributed by atoms with van der Waals surface area (Å²) < 4.78 is 27.1. The lowest BCUT2D eigenvalue weighted by Crippen LogP contribution is -2.34. The number of sulfonamides is 1. The normalized spacial score (nSPS) is 12.9. The fourth-order valence-electron chi connectivity index (χ4n) is 1.97. The minimum Gasteiger partial charge on any atom is -0.308 e. The lowest BCUT2D eigenvalue weighted by molar-refractivity contribution is 0.559. The van der Waals surface area contributed by atoms with Crippen molar-refractivity contribution in [1.29, 1.82) is 0 Å². The van der Waals surface area contributed by atoms with E-state index in [9.17, 15) is 8.42 Å². The van der Waals surface area contributed by atoms with Crippen molar-refractivity contribution in [3.63, 3.8) is 0 Å². The molecule has 4 N–H and O–H groups in total. The summed E-state index contributed by atoms with van der Waals surface area (Å²) in [4.78, 5) is 4.01. The van der Waals surface area contributed by atoms with E-state index in [0.29, 0.717) is 12.2 Å². The summed E-state index contributed by atoms with van der Waals surface area (Å²) in [6.07, 6.45) is 1.89. The molecule has 1 aromatic heterocycles. The van der Waals surface area contributed by atoms with Gasteiger partial charge in [0, 0.05) is 12.2 Å². The van der Waals surface area contributed by atoms with E-state index in [2.05, 4.69) is 15.1 Å². The number of pyridine rings is 1. The molecule has 0 bridgehead atoms. The van der Waals surface area contributed by atoms with E-state index in [-0.39, 0.29) is 10.9 Å². The van der Waals surface area contributed by atoms with Crippen LogP contribution < -0.4 is 16.0 Å². The topological polar surface area (TPSA) is 97.1 Å². The summed E-state index contributed by atoms with van der Waals surface area (Å²) in [6, 6.07) is 12.5. The number of rotatable bonds is 6. The van der Waals surface area contributed by atoms with Crippen molar-refractivity contribution in [1.82, 2.24) is 9.71 Å². The van der Waals surface area contributed by atoms with E-state index in [1.165, 1.54) is 18.3 Å². The Bertz CT molecular complexity index is 672. The van der Waals surface area contributed by atoms with Gasteiger partial charge in [-0.3, -0.25) is 0 Å². The molecule has 0 aliphatic heterocycles. The molecule has 7 heteroatoms. The Morgan fingerprint density at radius 2 is 1.90 bits per heavy atom. The van der Waals surface area contributed by atoms with Gasteiger partial charge in [0.2, 0.25) is 10.0 Å². The quantitative estimate of drug-likeness (QED) is 0.552. The zero-order valence-corrected chi connectivity index (χ0v) is 12.5. The van der Waals surface area contributed by atoms with Gasteiger partial charge in [0.25, 0.3) is 0 Å². The molecule has 1 atom stereocenters. The van der Waals surface area contributed by atoms with Crippen LogP contribution in [0.25, 0.3) is 0 Å². The van der Waals surface area contributed by atoms with Gasteiger partial charge in [-0.1, -0.05) is 30.3 Å². The van der Waals surface area contributed by atoms with Gasteiger partial charge in [-0.15, -0.1) is 0 Å². The number of hydrazine groups is 1. The zero-order chi connectivity index (χ0) is 15.3. The number of hydrogen-bond acceptors (Lipinski definition) is 5. The number of aromatic nitrogens is 1. The Balaban J connectivity index is 2.05. The second kappa shape index (κ2) is 6.66. The number of hydrogen-bond donors (Lipinski definition) is 3. The maximum atomic E-state index is 12.2. The highest BCUT2D eigenvalue weighted by molar-refractivity contribution is 7.89. The Hall–Kier alpha value is -1.96. The fourth-order valence-corrected chi connectivity index (χ4v) is 3.15. The van der Waals surface area contributed by atoms with Crippen molar-refractivity contribution in [2.24, 2.45) is 5.84 Å². The maximum Gasteiger partial charge on any atom is 0.242 e. The summed E-state index contributed by atoms with van der Waals surface area (Å²) in [5.41, 5.74) is 3.43. The lowest BCUT2D eigenvalue weighted by atomic mass is 10.1. The van der Waals surface area contributed by atoms with E-state index in [1.807, 2.05) is 37.3 Å². The average molecular weight is 306 g/mol. The number of nitrogens with one attached hydrogen (secondary N) is 2. The van der Waals surface area contributed by atoms with Crippen molar-refractivity contribution < 1.29 is 8.42 Å². The molecule has 0 aliphatic carbocycles. The second-order valence-electron chi connectivity index (χ2n) is 4.74. The van der Waals surface area contributed by atoms with Gasteiger partial charge in [-0.05, 0) is 31.0 Å². The fraction of sp³-hybridized carbons (Fsp3) is 0.214. The first-order valence-electron chi connectivity index (χ1n) is 6.50. The number of benzene rings is 1. The molecule has 0 saturated heterocycles. The van der Waals surface area contributed by atoms with Crippen molar-refractivity contribution in [3.8, 4) is 0 Å². The highest BCUT2D eigenvalue weighted by Gasteiger charge is 2.17. The number of anilines is 1. The highest BCUT2D eigenvalue weighted by Crippen LogP contribution is 2.11. The van der Waals surface area contributed by atoms with Crippen LogP contribution >= 0.6 is 0 Å².